The van der Waals surface area contributed by atoms with Gasteiger partial charge in [0.2, 0.25) is 0 Å². The van der Waals surface area contributed by atoms with Crippen molar-refractivity contribution in [1.29, 1.82) is 0 Å². The molecule has 2 heterocycles. The Labute approximate surface area is 198 Å². The lowest BCUT2D eigenvalue weighted by Crippen LogP contribution is -2.47. The molecule has 2 aliphatic heterocycles. The first-order valence-corrected chi connectivity index (χ1v) is 11.1. The molecule has 7 nitrogen and oxygen atoms in total. The number of rotatable bonds is 7. The fourth-order valence-electron chi connectivity index (χ4n) is 3.72. The van der Waals surface area contributed by atoms with E-state index in [0.29, 0.717) is 19.1 Å². The van der Waals surface area contributed by atoms with Gasteiger partial charge in [0, 0.05) is 64.0 Å². The van der Waals surface area contributed by atoms with Gasteiger partial charge in [0.05, 0.1) is 13.2 Å². The Morgan fingerprint density at radius 3 is 2.47 bits per heavy atom. The highest BCUT2D eigenvalue weighted by Crippen LogP contribution is 2.32. The number of benzene rings is 1. The van der Waals surface area contributed by atoms with Crippen LogP contribution >= 0.6 is 24.0 Å². The van der Waals surface area contributed by atoms with Gasteiger partial charge in [-0.1, -0.05) is 13.8 Å². The van der Waals surface area contributed by atoms with Crippen molar-refractivity contribution in [1.82, 2.24) is 15.1 Å². The number of fused-ring (bicyclic) bond motifs is 1. The Morgan fingerprint density at radius 2 is 1.77 bits per heavy atom. The van der Waals surface area contributed by atoms with E-state index in [0.717, 1.165) is 68.8 Å². The first kappa shape index (κ1) is 25.0. The number of halogens is 1. The highest BCUT2D eigenvalue weighted by atomic mass is 127. The number of nitrogens with one attached hydrogen (secondary N) is 2. The van der Waals surface area contributed by atoms with Crippen LogP contribution in [0.5, 0.6) is 11.5 Å². The van der Waals surface area contributed by atoms with Crippen LogP contribution in [0.3, 0.4) is 0 Å². The Hall–Kier alpha value is -1.26. The smallest absolute Gasteiger partial charge is 0.195 e. The third kappa shape index (κ3) is 7.77. The van der Waals surface area contributed by atoms with Gasteiger partial charge in [-0.3, -0.25) is 4.99 Å². The largest absolute Gasteiger partial charge is 0.490 e. The number of ether oxygens (including phenoxy) is 2. The van der Waals surface area contributed by atoms with Crippen molar-refractivity contribution < 1.29 is 9.47 Å². The van der Waals surface area contributed by atoms with Crippen molar-refractivity contribution in [3.8, 4) is 11.5 Å². The minimum absolute atomic E-state index is 0. The van der Waals surface area contributed by atoms with Gasteiger partial charge >= 0.3 is 0 Å². The van der Waals surface area contributed by atoms with Gasteiger partial charge in [0.25, 0.3) is 0 Å². The molecule has 0 aliphatic carbocycles. The van der Waals surface area contributed by atoms with Gasteiger partial charge in [0.15, 0.2) is 17.5 Å². The topological polar surface area (TPSA) is 61.4 Å². The third-order valence-electron chi connectivity index (χ3n) is 5.40. The number of piperazine rings is 1. The van der Waals surface area contributed by atoms with E-state index in [-0.39, 0.29) is 24.0 Å². The average molecular weight is 531 g/mol. The second-order valence-electron chi connectivity index (χ2n) is 7.90. The summed E-state index contributed by atoms with van der Waals surface area (Å²) in [5, 5.41) is 6.75. The molecule has 1 atom stereocenters. The molecule has 2 N–H and O–H groups in total. The highest BCUT2D eigenvalue weighted by Gasteiger charge is 2.17. The number of guanidine groups is 1. The number of nitrogens with zero attached hydrogens (tertiary/aromatic N) is 3. The molecule has 0 amide bonds. The van der Waals surface area contributed by atoms with E-state index in [4.69, 9.17) is 14.5 Å². The number of hydrogen-bond acceptors (Lipinski definition) is 5. The normalized spacial score (nSPS) is 18.8. The van der Waals surface area contributed by atoms with Crippen molar-refractivity contribution in [3.05, 3.63) is 18.2 Å². The van der Waals surface area contributed by atoms with E-state index >= 15 is 0 Å². The van der Waals surface area contributed by atoms with Gasteiger partial charge < -0.3 is 29.9 Å². The monoisotopic (exact) mass is 531 g/mol. The van der Waals surface area contributed by atoms with Gasteiger partial charge in [-0.2, -0.15) is 0 Å². The van der Waals surface area contributed by atoms with Crippen molar-refractivity contribution in [3.63, 3.8) is 0 Å². The molecule has 8 heteroatoms. The first-order valence-electron chi connectivity index (χ1n) is 11.1. The molecule has 0 saturated carbocycles. The number of hydrogen-bond donors (Lipinski definition) is 2. The molecule has 1 aromatic rings. The molecule has 1 saturated heterocycles. The van der Waals surface area contributed by atoms with Crippen LogP contribution in [0.25, 0.3) is 0 Å². The summed E-state index contributed by atoms with van der Waals surface area (Å²) in [6.45, 7) is 16.6. The summed E-state index contributed by atoms with van der Waals surface area (Å²) in [5.41, 5.74) is 0.956. The average Bonchev–Trinajstić information content (AvgIpc) is 2.98. The summed E-state index contributed by atoms with van der Waals surface area (Å²) in [7, 11) is 0. The van der Waals surface area contributed by atoms with Crippen molar-refractivity contribution in [2.45, 2.75) is 27.2 Å². The number of aliphatic imine (C=N–C) groups is 1. The second-order valence-corrected chi connectivity index (χ2v) is 7.90. The standard InChI is InChI=1S/C22H37N5O2.HI/c1-4-23-22(24-16-18(3)17-27-11-9-26(5-2)10-12-27)25-19-7-8-20-21(15-19)29-14-6-13-28-20;/h7-8,15,18H,4-6,9-14,16-17H2,1-3H3,(H2,23,24,25);1H. The molecule has 0 bridgehead atoms. The third-order valence-corrected chi connectivity index (χ3v) is 5.40. The Morgan fingerprint density at radius 1 is 1.07 bits per heavy atom. The Balaban J connectivity index is 0.00000320. The number of likely N-dealkylation sites (N-methyl/N-ethyl adjacent to an activating group) is 1. The molecule has 0 radical (unpaired) electrons. The fraction of sp³-hybridized carbons (Fsp3) is 0.682. The van der Waals surface area contributed by atoms with Crippen LogP contribution in [-0.2, 0) is 0 Å². The summed E-state index contributed by atoms with van der Waals surface area (Å²) in [4.78, 5) is 9.90. The Kier molecular flexibility index (Phi) is 11.0. The van der Waals surface area contributed by atoms with Gasteiger partial charge in [-0.05, 0) is 31.5 Å². The quantitative estimate of drug-likeness (QED) is 0.321. The lowest BCUT2D eigenvalue weighted by molar-refractivity contribution is 0.125. The lowest BCUT2D eigenvalue weighted by atomic mass is 10.1. The van der Waals surface area contributed by atoms with E-state index in [1.54, 1.807) is 0 Å². The van der Waals surface area contributed by atoms with Crippen LogP contribution in [0.4, 0.5) is 5.69 Å². The highest BCUT2D eigenvalue weighted by molar-refractivity contribution is 14.0. The molecule has 1 aromatic carbocycles. The molecule has 0 spiro atoms. The van der Waals surface area contributed by atoms with Crippen molar-refractivity contribution in [2.75, 3.05) is 70.9 Å². The summed E-state index contributed by atoms with van der Waals surface area (Å²) < 4.78 is 11.5. The first-order chi connectivity index (χ1) is 14.2. The van der Waals surface area contributed by atoms with E-state index in [1.165, 1.54) is 13.1 Å². The van der Waals surface area contributed by atoms with Crippen molar-refractivity contribution in [2.24, 2.45) is 10.9 Å². The SMILES string of the molecule is CCNC(=NCC(C)CN1CCN(CC)CC1)Nc1ccc2c(c1)OCCCO2.I. The maximum Gasteiger partial charge on any atom is 0.195 e. The zero-order chi connectivity index (χ0) is 20.5. The minimum Gasteiger partial charge on any atom is -0.490 e. The van der Waals surface area contributed by atoms with Crippen LogP contribution in [0.15, 0.2) is 23.2 Å². The molecule has 2 aliphatic rings. The molecule has 0 aromatic heterocycles. The predicted octanol–water partition coefficient (Wildman–Crippen LogP) is 3.12. The van der Waals surface area contributed by atoms with Gasteiger partial charge in [-0.25, -0.2) is 0 Å². The summed E-state index contributed by atoms with van der Waals surface area (Å²) >= 11 is 0. The number of anilines is 1. The zero-order valence-electron chi connectivity index (χ0n) is 18.7. The van der Waals surface area contributed by atoms with Gasteiger partial charge in [-0.15, -0.1) is 24.0 Å². The van der Waals surface area contributed by atoms with Crippen LogP contribution in [0, 0.1) is 5.92 Å². The van der Waals surface area contributed by atoms with Crippen molar-refractivity contribution >= 4 is 35.6 Å². The fourth-order valence-corrected chi connectivity index (χ4v) is 3.72. The summed E-state index contributed by atoms with van der Waals surface area (Å²) in [5.74, 6) is 2.93. The van der Waals surface area contributed by atoms with Gasteiger partial charge in [0.1, 0.15) is 0 Å². The Bertz CT molecular complexity index is 665. The molecule has 1 unspecified atom stereocenters. The van der Waals surface area contributed by atoms with E-state index in [1.807, 2.05) is 18.2 Å². The zero-order valence-corrected chi connectivity index (χ0v) is 21.0. The minimum atomic E-state index is 0. The summed E-state index contributed by atoms with van der Waals surface area (Å²) in [6, 6.07) is 5.96. The molecule has 170 valence electrons. The summed E-state index contributed by atoms with van der Waals surface area (Å²) in [6.07, 6.45) is 0.910. The van der Waals surface area contributed by atoms with E-state index in [9.17, 15) is 0 Å². The van der Waals surface area contributed by atoms with Crippen LogP contribution < -0.4 is 20.1 Å². The maximum atomic E-state index is 5.79. The molecular formula is C22H38IN5O2. The molecule has 30 heavy (non-hydrogen) atoms. The second kappa shape index (κ2) is 13.2. The molecule has 1 fully saturated rings. The van der Waals surface area contributed by atoms with E-state index < -0.39 is 0 Å². The lowest BCUT2D eigenvalue weighted by Gasteiger charge is -2.35. The van der Waals surface area contributed by atoms with E-state index in [2.05, 4.69) is 41.2 Å². The van der Waals surface area contributed by atoms with Crippen LogP contribution in [-0.4, -0.2) is 81.3 Å². The van der Waals surface area contributed by atoms with Crippen LogP contribution in [0.2, 0.25) is 0 Å². The predicted molar refractivity (Wildman–Crippen MR) is 135 cm³/mol. The van der Waals surface area contributed by atoms with Crippen LogP contribution in [0.1, 0.15) is 27.2 Å². The maximum absolute atomic E-state index is 5.79. The molecule has 3 rings (SSSR count). The molecular weight excluding hydrogens is 493 g/mol.